The molecule has 0 atom stereocenters. The van der Waals surface area contributed by atoms with Crippen molar-refractivity contribution >= 4 is 69.3 Å². The number of fused-ring (bicyclic) bond motifs is 1. The summed E-state index contributed by atoms with van der Waals surface area (Å²) in [5.41, 5.74) is 3.59. The number of benzene rings is 3. The van der Waals surface area contributed by atoms with Gasteiger partial charge in [-0.3, -0.25) is 10.3 Å². The van der Waals surface area contributed by atoms with Crippen molar-refractivity contribution in [3.8, 4) is 16.9 Å². The summed E-state index contributed by atoms with van der Waals surface area (Å²) >= 11 is 24.1. The molecule has 0 aliphatic rings. The van der Waals surface area contributed by atoms with Gasteiger partial charge in [-0.1, -0.05) is 58.5 Å². The van der Waals surface area contributed by atoms with Crippen LogP contribution in [0.25, 0.3) is 22.2 Å². The first kappa shape index (κ1) is 23.4. The van der Waals surface area contributed by atoms with E-state index >= 15 is 0 Å². The van der Waals surface area contributed by atoms with Crippen LogP contribution in [-0.2, 0) is 6.42 Å². The van der Waals surface area contributed by atoms with Crippen molar-refractivity contribution in [2.75, 3.05) is 11.9 Å². The Morgan fingerprint density at radius 2 is 1.64 bits per heavy atom. The number of amides is 2. The summed E-state index contributed by atoms with van der Waals surface area (Å²) < 4.78 is 0. The first-order valence-corrected chi connectivity index (χ1v) is 11.3. The number of carbonyl (C=O) groups is 1. The molecular weight excluding hydrogens is 506 g/mol. The van der Waals surface area contributed by atoms with E-state index in [4.69, 9.17) is 46.4 Å². The molecule has 0 aliphatic heterocycles. The third-order valence-electron chi connectivity index (χ3n) is 4.83. The molecule has 3 N–H and O–H groups in total. The summed E-state index contributed by atoms with van der Waals surface area (Å²) in [6.07, 6.45) is 2.03. The van der Waals surface area contributed by atoms with Crippen LogP contribution in [0.3, 0.4) is 0 Å². The van der Waals surface area contributed by atoms with E-state index in [2.05, 4.69) is 20.6 Å². The molecule has 168 valence electrons. The van der Waals surface area contributed by atoms with Crippen molar-refractivity contribution in [2.45, 2.75) is 6.42 Å². The zero-order valence-electron chi connectivity index (χ0n) is 16.9. The van der Waals surface area contributed by atoms with Gasteiger partial charge in [0.25, 0.3) is 0 Å². The Bertz CT molecular complexity index is 1340. The van der Waals surface area contributed by atoms with Gasteiger partial charge in [0.15, 0.2) is 11.6 Å². The predicted octanol–water partition coefficient (Wildman–Crippen LogP) is 6.98. The van der Waals surface area contributed by atoms with E-state index in [1.165, 1.54) is 6.20 Å². The fraction of sp³-hybridized carbons (Fsp3) is 0.0870. The molecule has 4 rings (SSSR count). The first-order valence-electron chi connectivity index (χ1n) is 9.74. The number of phenols is 1. The maximum absolute atomic E-state index is 12.3. The number of carbonyl (C=O) groups excluding carboxylic acids is 1. The number of aromatic hydroxyl groups is 1. The van der Waals surface area contributed by atoms with Crippen molar-refractivity contribution in [2.24, 2.45) is 0 Å². The molecule has 6 nitrogen and oxygen atoms in total. The van der Waals surface area contributed by atoms with Crippen LogP contribution in [0.4, 0.5) is 10.6 Å². The molecule has 0 bridgehead atoms. The van der Waals surface area contributed by atoms with E-state index < -0.39 is 6.03 Å². The molecule has 0 saturated carbocycles. The summed E-state index contributed by atoms with van der Waals surface area (Å²) in [5, 5.41) is 16.6. The number of hydrogen-bond donors (Lipinski definition) is 3. The van der Waals surface area contributed by atoms with E-state index in [1.807, 2.05) is 12.1 Å². The lowest BCUT2D eigenvalue weighted by Crippen LogP contribution is -2.30. The van der Waals surface area contributed by atoms with Gasteiger partial charge >= 0.3 is 6.03 Å². The number of anilines is 1. The van der Waals surface area contributed by atoms with Gasteiger partial charge in [-0.25, -0.2) is 9.78 Å². The van der Waals surface area contributed by atoms with Crippen LogP contribution in [0.5, 0.6) is 5.75 Å². The number of urea groups is 1. The van der Waals surface area contributed by atoms with Gasteiger partial charge in [-0.2, -0.15) is 0 Å². The quantitative estimate of drug-likeness (QED) is 0.264. The van der Waals surface area contributed by atoms with Crippen molar-refractivity contribution in [1.29, 1.82) is 0 Å². The lowest BCUT2D eigenvalue weighted by atomic mass is 10.0. The zero-order valence-corrected chi connectivity index (χ0v) is 19.9. The van der Waals surface area contributed by atoms with Gasteiger partial charge < -0.3 is 10.4 Å². The van der Waals surface area contributed by atoms with Gasteiger partial charge in [0.05, 0.1) is 27.3 Å². The molecule has 10 heteroatoms. The van der Waals surface area contributed by atoms with Gasteiger partial charge in [0, 0.05) is 16.6 Å². The highest BCUT2D eigenvalue weighted by Gasteiger charge is 2.11. The summed E-state index contributed by atoms with van der Waals surface area (Å²) in [5.74, 6) is 0.127. The van der Waals surface area contributed by atoms with E-state index in [0.717, 1.165) is 11.1 Å². The lowest BCUT2D eigenvalue weighted by molar-refractivity contribution is 0.252. The molecule has 0 fully saturated rings. The monoisotopic (exact) mass is 520 g/mol. The van der Waals surface area contributed by atoms with E-state index in [9.17, 15) is 9.90 Å². The van der Waals surface area contributed by atoms with E-state index in [1.54, 1.807) is 36.4 Å². The van der Waals surface area contributed by atoms with Gasteiger partial charge in [-0.05, 0) is 59.5 Å². The molecule has 0 spiro atoms. The number of aromatic nitrogens is 2. The number of hydrogen-bond acceptors (Lipinski definition) is 4. The van der Waals surface area contributed by atoms with Crippen LogP contribution in [0.15, 0.2) is 54.7 Å². The van der Waals surface area contributed by atoms with E-state index in [0.29, 0.717) is 45.4 Å². The maximum Gasteiger partial charge on any atom is 0.320 e. The summed E-state index contributed by atoms with van der Waals surface area (Å²) in [6, 6.07) is 13.5. The van der Waals surface area contributed by atoms with E-state index in [-0.39, 0.29) is 15.8 Å². The summed E-state index contributed by atoms with van der Waals surface area (Å²) in [4.78, 5) is 21.1. The molecule has 33 heavy (non-hydrogen) atoms. The predicted molar refractivity (Wildman–Crippen MR) is 134 cm³/mol. The van der Waals surface area contributed by atoms with Crippen LogP contribution in [0.2, 0.25) is 20.1 Å². The molecule has 1 heterocycles. The third-order valence-corrected chi connectivity index (χ3v) is 5.99. The molecule has 0 unspecified atom stereocenters. The second kappa shape index (κ2) is 10.0. The topological polar surface area (TPSA) is 87.1 Å². The second-order valence-electron chi connectivity index (χ2n) is 7.11. The Morgan fingerprint density at radius 3 is 2.36 bits per heavy atom. The molecule has 0 radical (unpaired) electrons. The Labute approximate surface area is 209 Å². The SMILES string of the molecule is O=C(NCCc1ccc(Cl)cc1Cl)Nc1cnc2ccc(-c3cc(Cl)c(O)c(Cl)c3)cc2n1. The van der Waals surface area contributed by atoms with Gasteiger partial charge in [0.1, 0.15) is 0 Å². The average Bonchev–Trinajstić information content (AvgIpc) is 2.78. The average molecular weight is 522 g/mol. The van der Waals surface area contributed by atoms with Crippen LogP contribution in [0.1, 0.15) is 5.56 Å². The summed E-state index contributed by atoms with van der Waals surface area (Å²) in [7, 11) is 0. The highest BCUT2D eigenvalue weighted by atomic mass is 35.5. The molecular formula is C23H16Cl4N4O2. The van der Waals surface area contributed by atoms with Gasteiger partial charge in [0.2, 0.25) is 0 Å². The Morgan fingerprint density at radius 1 is 0.879 bits per heavy atom. The number of halogens is 4. The number of nitrogens with one attached hydrogen (secondary N) is 2. The lowest BCUT2D eigenvalue weighted by Gasteiger charge is -2.10. The summed E-state index contributed by atoms with van der Waals surface area (Å²) in [6.45, 7) is 0.376. The van der Waals surface area contributed by atoms with Gasteiger partial charge in [-0.15, -0.1) is 0 Å². The highest BCUT2D eigenvalue weighted by Crippen LogP contribution is 2.36. The van der Waals surface area contributed by atoms with Crippen molar-refractivity contribution < 1.29 is 9.90 Å². The fourth-order valence-electron chi connectivity index (χ4n) is 3.18. The number of phenolic OH excluding ortho intramolecular Hbond substituents is 1. The van der Waals surface area contributed by atoms with Crippen LogP contribution in [-0.4, -0.2) is 27.7 Å². The Hall–Kier alpha value is -2.77. The number of rotatable bonds is 5. The van der Waals surface area contributed by atoms with Crippen LogP contribution >= 0.6 is 46.4 Å². The second-order valence-corrected chi connectivity index (χ2v) is 8.77. The van der Waals surface area contributed by atoms with Crippen LogP contribution < -0.4 is 10.6 Å². The smallest absolute Gasteiger partial charge is 0.320 e. The Balaban J connectivity index is 1.45. The minimum absolute atomic E-state index is 0.149. The molecule has 0 saturated heterocycles. The normalized spacial score (nSPS) is 10.9. The van der Waals surface area contributed by atoms with Crippen molar-refractivity contribution in [3.05, 3.63) is 80.4 Å². The molecule has 2 amide bonds. The first-order chi connectivity index (χ1) is 15.8. The number of nitrogens with zero attached hydrogens (tertiary/aromatic N) is 2. The third kappa shape index (κ3) is 5.60. The fourth-order valence-corrected chi connectivity index (χ4v) is 4.17. The standard InChI is InChI=1S/C23H16Cl4N4O2/c24-15-3-1-12(16(25)10-15)5-6-28-23(33)31-21-11-29-19-4-2-13(9-20(19)30-21)14-7-17(26)22(32)18(27)8-14/h1-4,7-11,32H,5-6H2,(H2,28,30,31,33). The molecule has 0 aliphatic carbocycles. The molecule has 4 aromatic rings. The zero-order chi connectivity index (χ0) is 23.5. The Kier molecular flexibility index (Phi) is 7.10. The highest BCUT2D eigenvalue weighted by molar-refractivity contribution is 6.37. The van der Waals surface area contributed by atoms with Crippen molar-refractivity contribution in [3.63, 3.8) is 0 Å². The van der Waals surface area contributed by atoms with Crippen molar-refractivity contribution in [1.82, 2.24) is 15.3 Å². The molecule has 3 aromatic carbocycles. The maximum atomic E-state index is 12.3. The minimum atomic E-state index is -0.415. The minimum Gasteiger partial charge on any atom is -0.505 e. The molecule has 1 aromatic heterocycles. The largest absolute Gasteiger partial charge is 0.505 e. The van der Waals surface area contributed by atoms with Crippen LogP contribution in [0, 0.1) is 0 Å².